The Labute approximate surface area is 105 Å². The molecule has 0 bridgehead atoms. The molecule has 1 aromatic rings. The number of carbonyl (C=O) groups is 1. The predicted molar refractivity (Wildman–Crippen MR) is 65.4 cm³/mol. The first-order valence-electron chi connectivity index (χ1n) is 5.61. The summed E-state index contributed by atoms with van der Waals surface area (Å²) in [5, 5.41) is 35.7. The number of aliphatic hydroxyl groups is 2. The van der Waals surface area contributed by atoms with Crippen molar-refractivity contribution in [2.45, 2.75) is 19.1 Å². The minimum atomic E-state index is -1.44. The Hall–Kier alpha value is -1.79. The van der Waals surface area contributed by atoms with Gasteiger partial charge in [0.05, 0.1) is 6.42 Å². The van der Waals surface area contributed by atoms with Gasteiger partial charge in [-0.25, -0.2) is 0 Å². The molecule has 0 spiro atoms. The average molecular weight is 255 g/mol. The summed E-state index contributed by atoms with van der Waals surface area (Å²) in [5.41, 5.74) is 0.650. The van der Waals surface area contributed by atoms with Crippen molar-refractivity contribution in [3.8, 4) is 5.75 Å². The molecular formula is C12H17NO5. The lowest BCUT2D eigenvalue weighted by atomic mass is 10.2. The molecule has 0 atom stereocenters. The van der Waals surface area contributed by atoms with Crippen molar-refractivity contribution in [3.63, 3.8) is 0 Å². The normalized spacial score (nSPS) is 10.6. The molecule has 0 aliphatic heterocycles. The van der Waals surface area contributed by atoms with Crippen LogP contribution in [0.25, 0.3) is 0 Å². The van der Waals surface area contributed by atoms with Crippen LogP contribution in [0.3, 0.4) is 0 Å². The highest BCUT2D eigenvalue weighted by Crippen LogP contribution is 2.20. The maximum absolute atomic E-state index is 10.6. The number of phenolic OH excluding ortho intramolecular Hbond substituents is 1. The van der Waals surface area contributed by atoms with Gasteiger partial charge in [0.15, 0.2) is 6.29 Å². The lowest BCUT2D eigenvalue weighted by molar-refractivity contribution is -0.136. The van der Waals surface area contributed by atoms with E-state index in [2.05, 4.69) is 0 Å². The van der Waals surface area contributed by atoms with Crippen LogP contribution in [0.2, 0.25) is 0 Å². The lowest BCUT2D eigenvalue weighted by Crippen LogP contribution is -2.29. The van der Waals surface area contributed by atoms with Crippen LogP contribution >= 0.6 is 0 Å². The summed E-state index contributed by atoms with van der Waals surface area (Å²) in [5.74, 6) is -0.845. The third kappa shape index (κ3) is 5.03. The molecule has 0 unspecified atom stereocenters. The van der Waals surface area contributed by atoms with Crippen molar-refractivity contribution in [3.05, 3.63) is 24.3 Å². The van der Waals surface area contributed by atoms with Crippen molar-refractivity contribution >= 4 is 11.7 Å². The van der Waals surface area contributed by atoms with Crippen LogP contribution in [0.1, 0.15) is 12.8 Å². The number of anilines is 1. The maximum Gasteiger partial charge on any atom is 0.305 e. The van der Waals surface area contributed by atoms with Gasteiger partial charge in [-0.15, -0.1) is 0 Å². The van der Waals surface area contributed by atoms with E-state index in [4.69, 9.17) is 15.3 Å². The zero-order valence-electron chi connectivity index (χ0n) is 9.86. The van der Waals surface area contributed by atoms with E-state index in [-0.39, 0.29) is 25.1 Å². The van der Waals surface area contributed by atoms with Gasteiger partial charge < -0.3 is 25.3 Å². The molecule has 0 aliphatic rings. The van der Waals surface area contributed by atoms with Crippen molar-refractivity contribution < 1.29 is 25.2 Å². The fourth-order valence-corrected chi connectivity index (χ4v) is 1.56. The number of benzene rings is 1. The number of hydrogen-bond acceptors (Lipinski definition) is 5. The largest absolute Gasteiger partial charge is 0.508 e. The van der Waals surface area contributed by atoms with Crippen LogP contribution in [0, 0.1) is 0 Å². The van der Waals surface area contributed by atoms with Gasteiger partial charge in [0, 0.05) is 31.3 Å². The van der Waals surface area contributed by atoms with E-state index in [9.17, 15) is 9.90 Å². The molecule has 0 saturated heterocycles. The molecule has 0 radical (unpaired) electrons. The van der Waals surface area contributed by atoms with E-state index in [1.54, 1.807) is 17.0 Å². The van der Waals surface area contributed by atoms with Crippen molar-refractivity contribution in [1.29, 1.82) is 0 Å². The fraction of sp³-hybridized carbons (Fsp3) is 0.417. The van der Waals surface area contributed by atoms with Crippen molar-refractivity contribution in [1.82, 2.24) is 0 Å². The van der Waals surface area contributed by atoms with Crippen LogP contribution in [0.15, 0.2) is 24.3 Å². The highest BCUT2D eigenvalue weighted by Gasteiger charge is 2.10. The third-order valence-corrected chi connectivity index (χ3v) is 2.45. The van der Waals surface area contributed by atoms with E-state index < -0.39 is 12.3 Å². The summed E-state index contributed by atoms with van der Waals surface area (Å²) in [4.78, 5) is 12.3. The molecule has 100 valence electrons. The van der Waals surface area contributed by atoms with Gasteiger partial charge in [0.1, 0.15) is 5.75 Å². The van der Waals surface area contributed by atoms with Crippen LogP contribution in [0.4, 0.5) is 5.69 Å². The van der Waals surface area contributed by atoms with E-state index >= 15 is 0 Å². The molecule has 1 aromatic carbocycles. The molecule has 0 aliphatic carbocycles. The molecular weight excluding hydrogens is 238 g/mol. The Morgan fingerprint density at radius 1 is 1.28 bits per heavy atom. The highest BCUT2D eigenvalue weighted by molar-refractivity contribution is 5.67. The second-order valence-corrected chi connectivity index (χ2v) is 3.92. The molecule has 0 saturated carbocycles. The zero-order chi connectivity index (χ0) is 13.5. The van der Waals surface area contributed by atoms with Crippen LogP contribution in [-0.2, 0) is 4.79 Å². The second kappa shape index (κ2) is 6.83. The third-order valence-electron chi connectivity index (χ3n) is 2.45. The van der Waals surface area contributed by atoms with Crippen molar-refractivity contribution in [2.24, 2.45) is 0 Å². The number of aromatic hydroxyl groups is 1. The first kappa shape index (κ1) is 14.3. The Balaban J connectivity index is 2.72. The molecule has 0 heterocycles. The van der Waals surface area contributed by atoms with Gasteiger partial charge in [-0.3, -0.25) is 4.79 Å². The quantitative estimate of drug-likeness (QED) is 0.525. The summed E-state index contributed by atoms with van der Waals surface area (Å²) >= 11 is 0. The maximum atomic E-state index is 10.6. The Morgan fingerprint density at radius 2 is 2.00 bits per heavy atom. The summed E-state index contributed by atoms with van der Waals surface area (Å²) in [6.45, 7) is 0.542. The number of phenols is 1. The van der Waals surface area contributed by atoms with Crippen molar-refractivity contribution in [2.75, 3.05) is 18.0 Å². The molecule has 0 amide bonds. The summed E-state index contributed by atoms with van der Waals surface area (Å²) in [6, 6.07) is 6.39. The fourth-order valence-electron chi connectivity index (χ4n) is 1.56. The first-order valence-corrected chi connectivity index (χ1v) is 5.61. The molecule has 6 nitrogen and oxygen atoms in total. The van der Waals surface area contributed by atoms with Gasteiger partial charge in [0.2, 0.25) is 0 Å². The zero-order valence-corrected chi connectivity index (χ0v) is 9.86. The number of nitrogens with zero attached hydrogens (tertiary/aromatic N) is 1. The Kier molecular flexibility index (Phi) is 5.41. The van der Waals surface area contributed by atoms with Gasteiger partial charge in [-0.1, -0.05) is 6.07 Å². The molecule has 1 rings (SSSR count). The lowest BCUT2D eigenvalue weighted by Gasteiger charge is -2.24. The van der Waals surface area contributed by atoms with E-state index in [0.29, 0.717) is 12.2 Å². The van der Waals surface area contributed by atoms with E-state index in [0.717, 1.165) is 0 Å². The molecule has 4 N–H and O–H groups in total. The van der Waals surface area contributed by atoms with Crippen LogP contribution < -0.4 is 4.90 Å². The highest BCUT2D eigenvalue weighted by atomic mass is 16.5. The Morgan fingerprint density at radius 3 is 2.56 bits per heavy atom. The van der Waals surface area contributed by atoms with Gasteiger partial charge >= 0.3 is 5.97 Å². The number of aliphatic carboxylic acids is 1. The molecule has 18 heavy (non-hydrogen) atoms. The second-order valence-electron chi connectivity index (χ2n) is 3.92. The average Bonchev–Trinajstić information content (AvgIpc) is 2.28. The van der Waals surface area contributed by atoms with Crippen LogP contribution in [-0.4, -0.2) is 45.8 Å². The van der Waals surface area contributed by atoms with Gasteiger partial charge in [-0.2, -0.15) is 0 Å². The number of carboxylic acids is 1. The van der Waals surface area contributed by atoms with E-state index in [1.807, 2.05) is 0 Å². The predicted octanol–water partition coefficient (Wildman–Crippen LogP) is 0.374. The van der Waals surface area contributed by atoms with Gasteiger partial charge in [0.25, 0.3) is 0 Å². The summed E-state index contributed by atoms with van der Waals surface area (Å²) in [6.07, 6.45) is -1.39. The SMILES string of the molecule is O=C(O)CCN(CCC(O)O)c1cccc(O)c1. The molecule has 0 aromatic heterocycles. The molecule has 0 fully saturated rings. The minimum absolute atomic E-state index is 0.0584. The summed E-state index contributed by atoms with van der Waals surface area (Å²) < 4.78 is 0. The van der Waals surface area contributed by atoms with E-state index in [1.165, 1.54) is 12.1 Å². The van der Waals surface area contributed by atoms with Crippen LogP contribution in [0.5, 0.6) is 5.75 Å². The topological polar surface area (TPSA) is 101 Å². The summed E-state index contributed by atoms with van der Waals surface area (Å²) in [7, 11) is 0. The number of rotatable bonds is 7. The number of hydrogen-bond donors (Lipinski definition) is 4. The van der Waals surface area contributed by atoms with Gasteiger partial charge in [-0.05, 0) is 12.1 Å². The monoisotopic (exact) mass is 255 g/mol. The first-order chi connectivity index (χ1) is 8.49. The standard InChI is InChI=1S/C12H17NO5/c14-10-3-1-2-9(8-10)13(6-4-11(15)16)7-5-12(17)18/h1-3,8,11,14-16H,4-7H2,(H,17,18). The number of aliphatic hydroxyl groups excluding tert-OH is 1. The minimum Gasteiger partial charge on any atom is -0.508 e. The smallest absolute Gasteiger partial charge is 0.305 e. The Bertz CT molecular complexity index is 394. The number of carboxylic acid groups (broad SMARTS) is 1. The molecule has 6 heteroatoms.